The highest BCUT2D eigenvalue weighted by molar-refractivity contribution is 9.10. The molecular formula is C15H15BrN2O3. The molecule has 0 unspecified atom stereocenters. The number of halogens is 1. The lowest BCUT2D eigenvalue weighted by Gasteiger charge is -2.10. The van der Waals surface area contributed by atoms with Gasteiger partial charge in [-0.3, -0.25) is 10.1 Å². The molecule has 0 aliphatic carbocycles. The summed E-state index contributed by atoms with van der Waals surface area (Å²) in [4.78, 5) is 10.6. The lowest BCUT2D eigenvalue weighted by molar-refractivity contribution is -0.384. The van der Waals surface area contributed by atoms with Gasteiger partial charge in [-0.05, 0) is 52.7 Å². The van der Waals surface area contributed by atoms with Crippen LogP contribution < -0.4 is 10.1 Å². The van der Waals surface area contributed by atoms with Gasteiger partial charge in [0, 0.05) is 12.6 Å². The quantitative estimate of drug-likeness (QED) is 0.620. The number of rotatable bonds is 6. The minimum atomic E-state index is -0.392. The molecule has 0 fully saturated rings. The molecule has 21 heavy (non-hydrogen) atoms. The van der Waals surface area contributed by atoms with E-state index in [1.165, 1.54) is 6.07 Å². The van der Waals surface area contributed by atoms with Crippen LogP contribution >= 0.6 is 15.9 Å². The molecule has 0 aliphatic rings. The molecule has 0 saturated carbocycles. The summed E-state index contributed by atoms with van der Waals surface area (Å²) in [6, 6.07) is 12.5. The first-order chi connectivity index (χ1) is 10.1. The minimum absolute atomic E-state index is 0.0708. The molecule has 2 aromatic rings. The van der Waals surface area contributed by atoms with E-state index in [-0.39, 0.29) is 5.69 Å². The lowest BCUT2D eigenvalue weighted by atomic mass is 10.2. The predicted octanol–water partition coefficient (Wildman–Crippen LogP) is 4.37. The fourth-order valence-electron chi connectivity index (χ4n) is 1.89. The molecule has 6 heteroatoms. The molecule has 1 N–H and O–H groups in total. The molecule has 2 aromatic carbocycles. The molecule has 0 radical (unpaired) electrons. The van der Waals surface area contributed by atoms with Crippen molar-refractivity contribution >= 4 is 27.3 Å². The van der Waals surface area contributed by atoms with Crippen molar-refractivity contribution in [2.45, 2.75) is 13.5 Å². The number of nitrogens with zero attached hydrogens (tertiary/aromatic N) is 1. The number of benzene rings is 2. The van der Waals surface area contributed by atoms with Crippen LogP contribution in [0.2, 0.25) is 0 Å². The Morgan fingerprint density at radius 1 is 1.29 bits per heavy atom. The summed E-state index contributed by atoms with van der Waals surface area (Å²) < 4.78 is 6.59. The molecule has 0 saturated heterocycles. The average Bonchev–Trinajstić information content (AvgIpc) is 2.46. The monoisotopic (exact) mass is 350 g/mol. The molecule has 0 bridgehead atoms. The summed E-state index contributed by atoms with van der Waals surface area (Å²) in [7, 11) is 0. The van der Waals surface area contributed by atoms with Gasteiger partial charge in [0.25, 0.3) is 5.69 Å². The molecule has 0 spiro atoms. The summed E-state index contributed by atoms with van der Waals surface area (Å²) in [5, 5.41) is 14.0. The Bertz CT molecular complexity index is 647. The normalized spacial score (nSPS) is 10.2. The van der Waals surface area contributed by atoms with Gasteiger partial charge in [0.15, 0.2) is 0 Å². The lowest BCUT2D eigenvalue weighted by Crippen LogP contribution is -2.03. The molecule has 0 aliphatic heterocycles. The number of nitro groups is 1. The van der Waals surface area contributed by atoms with Crippen LogP contribution in [0.4, 0.5) is 11.4 Å². The Morgan fingerprint density at radius 3 is 2.71 bits per heavy atom. The van der Waals surface area contributed by atoms with Crippen LogP contribution in [0.5, 0.6) is 5.75 Å². The van der Waals surface area contributed by atoms with Gasteiger partial charge < -0.3 is 10.1 Å². The summed E-state index contributed by atoms with van der Waals surface area (Å²) in [6.07, 6.45) is 0. The zero-order chi connectivity index (χ0) is 15.2. The van der Waals surface area contributed by atoms with Crippen LogP contribution in [-0.2, 0) is 6.61 Å². The van der Waals surface area contributed by atoms with Crippen molar-refractivity contribution in [3.63, 3.8) is 0 Å². The van der Waals surface area contributed by atoms with Gasteiger partial charge in [-0.15, -0.1) is 0 Å². The third-order valence-electron chi connectivity index (χ3n) is 2.86. The number of nitrogens with one attached hydrogen (secondary N) is 1. The van der Waals surface area contributed by atoms with Gasteiger partial charge in [0.2, 0.25) is 0 Å². The number of ether oxygens (including phenoxy) is 1. The van der Waals surface area contributed by atoms with Crippen LogP contribution in [0.25, 0.3) is 0 Å². The second-order valence-corrected chi connectivity index (χ2v) is 5.21. The standard InChI is InChI=1S/C15H15BrN2O3/c1-2-17-13-9-11(7-8-14(13)18(19)20)10-21-15-6-4-3-5-12(15)16/h3-9,17H,2,10H2,1H3. The number of anilines is 1. The van der Waals surface area contributed by atoms with Gasteiger partial charge in [-0.2, -0.15) is 0 Å². The Balaban J connectivity index is 2.15. The Labute approximate surface area is 131 Å². The van der Waals surface area contributed by atoms with Crippen molar-refractivity contribution in [1.29, 1.82) is 0 Å². The number of para-hydroxylation sites is 1. The van der Waals surface area contributed by atoms with E-state index in [1.54, 1.807) is 12.1 Å². The summed E-state index contributed by atoms with van der Waals surface area (Å²) in [6.45, 7) is 2.86. The van der Waals surface area contributed by atoms with Crippen LogP contribution in [0, 0.1) is 10.1 Å². The van der Waals surface area contributed by atoms with Crippen molar-refractivity contribution in [3.05, 3.63) is 62.6 Å². The predicted molar refractivity (Wildman–Crippen MR) is 85.7 cm³/mol. The first-order valence-electron chi connectivity index (χ1n) is 6.50. The largest absolute Gasteiger partial charge is 0.488 e. The van der Waals surface area contributed by atoms with Gasteiger partial charge >= 0.3 is 0 Å². The summed E-state index contributed by atoms with van der Waals surface area (Å²) >= 11 is 3.41. The fourth-order valence-corrected chi connectivity index (χ4v) is 2.29. The zero-order valence-electron chi connectivity index (χ0n) is 11.5. The first-order valence-corrected chi connectivity index (χ1v) is 7.29. The van der Waals surface area contributed by atoms with E-state index in [0.717, 1.165) is 15.8 Å². The summed E-state index contributed by atoms with van der Waals surface area (Å²) in [5.74, 6) is 0.737. The number of hydrogen-bond acceptors (Lipinski definition) is 4. The van der Waals surface area contributed by atoms with E-state index in [0.29, 0.717) is 18.8 Å². The van der Waals surface area contributed by atoms with Crippen molar-refractivity contribution < 1.29 is 9.66 Å². The topological polar surface area (TPSA) is 64.4 Å². The molecule has 5 nitrogen and oxygen atoms in total. The van der Waals surface area contributed by atoms with E-state index in [2.05, 4.69) is 21.2 Å². The van der Waals surface area contributed by atoms with Gasteiger partial charge in [-0.25, -0.2) is 0 Å². The molecule has 0 heterocycles. The highest BCUT2D eigenvalue weighted by Crippen LogP contribution is 2.28. The molecule has 0 atom stereocenters. The smallest absolute Gasteiger partial charge is 0.292 e. The third-order valence-corrected chi connectivity index (χ3v) is 3.51. The van der Waals surface area contributed by atoms with Crippen molar-refractivity contribution in [2.24, 2.45) is 0 Å². The number of nitro benzene ring substituents is 1. The highest BCUT2D eigenvalue weighted by atomic mass is 79.9. The van der Waals surface area contributed by atoms with Crippen LogP contribution in [0.3, 0.4) is 0 Å². The van der Waals surface area contributed by atoms with E-state index >= 15 is 0 Å². The molecule has 110 valence electrons. The van der Waals surface area contributed by atoms with E-state index in [1.807, 2.05) is 31.2 Å². The molecule has 0 amide bonds. The van der Waals surface area contributed by atoms with Crippen LogP contribution in [0.1, 0.15) is 12.5 Å². The average molecular weight is 351 g/mol. The molecular weight excluding hydrogens is 336 g/mol. The van der Waals surface area contributed by atoms with E-state index in [9.17, 15) is 10.1 Å². The second kappa shape index (κ2) is 7.08. The maximum atomic E-state index is 11.0. The highest BCUT2D eigenvalue weighted by Gasteiger charge is 2.13. The van der Waals surface area contributed by atoms with Crippen molar-refractivity contribution in [3.8, 4) is 5.75 Å². The maximum absolute atomic E-state index is 11.0. The Hall–Kier alpha value is -2.08. The van der Waals surface area contributed by atoms with Gasteiger partial charge in [0.05, 0.1) is 9.40 Å². The first kappa shape index (κ1) is 15.3. The Kier molecular flexibility index (Phi) is 5.16. The van der Waals surface area contributed by atoms with Crippen molar-refractivity contribution in [2.75, 3.05) is 11.9 Å². The second-order valence-electron chi connectivity index (χ2n) is 4.36. The maximum Gasteiger partial charge on any atom is 0.292 e. The zero-order valence-corrected chi connectivity index (χ0v) is 13.1. The van der Waals surface area contributed by atoms with Crippen molar-refractivity contribution in [1.82, 2.24) is 0 Å². The number of hydrogen-bond donors (Lipinski definition) is 1. The van der Waals surface area contributed by atoms with E-state index < -0.39 is 4.92 Å². The minimum Gasteiger partial charge on any atom is -0.488 e. The third kappa shape index (κ3) is 3.95. The van der Waals surface area contributed by atoms with Crippen LogP contribution in [0.15, 0.2) is 46.9 Å². The summed E-state index contributed by atoms with van der Waals surface area (Å²) in [5.41, 5.74) is 1.45. The van der Waals surface area contributed by atoms with Crippen LogP contribution in [-0.4, -0.2) is 11.5 Å². The Morgan fingerprint density at radius 2 is 2.05 bits per heavy atom. The van der Waals surface area contributed by atoms with Gasteiger partial charge in [0.1, 0.15) is 18.0 Å². The van der Waals surface area contributed by atoms with Gasteiger partial charge in [-0.1, -0.05) is 12.1 Å². The SMILES string of the molecule is CCNc1cc(COc2ccccc2Br)ccc1[N+](=O)[O-]. The fraction of sp³-hybridized carbons (Fsp3) is 0.200. The molecule has 0 aromatic heterocycles. The van der Waals surface area contributed by atoms with E-state index in [4.69, 9.17) is 4.74 Å². The molecule has 2 rings (SSSR count).